The summed E-state index contributed by atoms with van der Waals surface area (Å²) in [6.07, 6.45) is 1.07. The fraction of sp³-hybridized carbons (Fsp3) is 0.278. The van der Waals surface area contributed by atoms with Gasteiger partial charge in [0.1, 0.15) is 5.75 Å². The molecule has 2 aromatic rings. The van der Waals surface area contributed by atoms with E-state index in [2.05, 4.69) is 10.0 Å². The van der Waals surface area contributed by atoms with Crippen molar-refractivity contribution in [2.45, 2.75) is 20.4 Å². The van der Waals surface area contributed by atoms with Crippen molar-refractivity contribution in [1.29, 1.82) is 0 Å². The molecule has 2 aromatic carbocycles. The Morgan fingerprint density at radius 1 is 1.16 bits per heavy atom. The van der Waals surface area contributed by atoms with Gasteiger partial charge in [-0.05, 0) is 49.2 Å². The first-order valence-electron chi connectivity index (χ1n) is 7.87. The van der Waals surface area contributed by atoms with Gasteiger partial charge >= 0.3 is 0 Å². The van der Waals surface area contributed by atoms with Gasteiger partial charge in [0.15, 0.2) is 0 Å². The van der Waals surface area contributed by atoms with E-state index in [1.165, 1.54) is 0 Å². The third kappa shape index (κ3) is 5.49. The van der Waals surface area contributed by atoms with Crippen molar-refractivity contribution in [1.82, 2.24) is 5.32 Å². The monoisotopic (exact) mass is 362 g/mol. The lowest BCUT2D eigenvalue weighted by atomic mass is 10.1. The van der Waals surface area contributed by atoms with Crippen LogP contribution in [0, 0.1) is 6.92 Å². The standard InChI is InChI=1S/C18H22N2O4S/c1-4-24-15-8-5-7-14(11-15)12-19-18(21)16-9-6-10-17(13(16)2)20-25(3,22)23/h5-11,20H,4,12H2,1-3H3,(H,19,21). The Kier molecular flexibility index (Phi) is 6.03. The summed E-state index contributed by atoms with van der Waals surface area (Å²) < 4.78 is 30.7. The molecule has 7 heteroatoms. The van der Waals surface area contributed by atoms with Crippen LogP contribution in [0.4, 0.5) is 5.69 Å². The third-order valence-corrected chi connectivity index (χ3v) is 4.13. The molecule has 6 nitrogen and oxygen atoms in total. The third-order valence-electron chi connectivity index (χ3n) is 3.54. The van der Waals surface area contributed by atoms with E-state index < -0.39 is 10.0 Å². The van der Waals surface area contributed by atoms with Crippen molar-refractivity contribution >= 4 is 21.6 Å². The van der Waals surface area contributed by atoms with Crippen molar-refractivity contribution in [2.24, 2.45) is 0 Å². The molecule has 0 aliphatic carbocycles. The molecular weight excluding hydrogens is 340 g/mol. The summed E-state index contributed by atoms with van der Waals surface area (Å²) >= 11 is 0. The van der Waals surface area contributed by atoms with Gasteiger partial charge in [0, 0.05) is 12.1 Å². The molecular formula is C18H22N2O4S. The van der Waals surface area contributed by atoms with E-state index in [9.17, 15) is 13.2 Å². The van der Waals surface area contributed by atoms with E-state index in [1.807, 2.05) is 31.2 Å². The molecule has 0 aliphatic rings. The first-order chi connectivity index (χ1) is 11.8. The molecule has 0 aliphatic heterocycles. The van der Waals surface area contributed by atoms with Gasteiger partial charge in [0.2, 0.25) is 10.0 Å². The Bertz CT molecular complexity index is 863. The number of amides is 1. The largest absolute Gasteiger partial charge is 0.494 e. The van der Waals surface area contributed by atoms with Gasteiger partial charge in [-0.25, -0.2) is 8.42 Å². The first kappa shape index (κ1) is 18.8. The average molecular weight is 362 g/mol. The van der Waals surface area contributed by atoms with Gasteiger partial charge in [-0.3, -0.25) is 9.52 Å². The number of sulfonamides is 1. The van der Waals surface area contributed by atoms with E-state index >= 15 is 0 Å². The number of rotatable bonds is 7. The van der Waals surface area contributed by atoms with Crippen molar-refractivity contribution in [3.63, 3.8) is 0 Å². The number of anilines is 1. The van der Waals surface area contributed by atoms with E-state index in [1.54, 1.807) is 25.1 Å². The normalized spacial score (nSPS) is 11.0. The van der Waals surface area contributed by atoms with E-state index in [0.717, 1.165) is 17.6 Å². The van der Waals surface area contributed by atoms with Crippen LogP contribution in [0.5, 0.6) is 5.75 Å². The van der Waals surface area contributed by atoms with Crippen LogP contribution >= 0.6 is 0 Å². The maximum absolute atomic E-state index is 12.4. The molecule has 0 bridgehead atoms. The highest BCUT2D eigenvalue weighted by Crippen LogP contribution is 2.20. The molecule has 2 rings (SSSR count). The Morgan fingerprint density at radius 3 is 2.56 bits per heavy atom. The van der Waals surface area contributed by atoms with E-state index in [-0.39, 0.29) is 5.91 Å². The summed E-state index contributed by atoms with van der Waals surface area (Å²) in [5, 5.41) is 2.84. The van der Waals surface area contributed by atoms with Gasteiger partial charge in [0.05, 0.1) is 18.6 Å². The fourth-order valence-electron chi connectivity index (χ4n) is 2.38. The summed E-state index contributed by atoms with van der Waals surface area (Å²) in [5.41, 5.74) is 2.32. The number of nitrogens with one attached hydrogen (secondary N) is 2. The molecule has 134 valence electrons. The molecule has 0 unspecified atom stereocenters. The van der Waals surface area contributed by atoms with Crippen molar-refractivity contribution < 1.29 is 17.9 Å². The zero-order valence-corrected chi connectivity index (χ0v) is 15.3. The van der Waals surface area contributed by atoms with Crippen LogP contribution in [0.25, 0.3) is 0 Å². The Balaban J connectivity index is 2.11. The minimum absolute atomic E-state index is 0.267. The molecule has 2 N–H and O–H groups in total. The predicted molar refractivity (Wildman–Crippen MR) is 98.4 cm³/mol. The van der Waals surface area contributed by atoms with Crippen LogP contribution in [0.2, 0.25) is 0 Å². The molecule has 0 saturated heterocycles. The maximum atomic E-state index is 12.4. The quantitative estimate of drug-likeness (QED) is 0.793. The number of ether oxygens (including phenoxy) is 1. The SMILES string of the molecule is CCOc1cccc(CNC(=O)c2cccc(NS(C)(=O)=O)c2C)c1. The van der Waals surface area contributed by atoms with Gasteiger partial charge in [-0.2, -0.15) is 0 Å². The summed E-state index contributed by atoms with van der Waals surface area (Å²) in [7, 11) is -3.40. The molecule has 25 heavy (non-hydrogen) atoms. The highest BCUT2D eigenvalue weighted by atomic mass is 32.2. The molecule has 0 aromatic heterocycles. The first-order valence-corrected chi connectivity index (χ1v) is 9.76. The molecule has 0 saturated carbocycles. The van der Waals surface area contributed by atoms with Crippen LogP contribution in [-0.2, 0) is 16.6 Å². The number of carbonyl (C=O) groups excluding carboxylic acids is 1. The topological polar surface area (TPSA) is 84.5 Å². The molecule has 0 heterocycles. The van der Waals surface area contributed by atoms with Crippen molar-refractivity contribution in [3.05, 3.63) is 59.2 Å². The van der Waals surface area contributed by atoms with Gasteiger partial charge in [0.25, 0.3) is 5.91 Å². The zero-order valence-electron chi connectivity index (χ0n) is 14.5. The minimum atomic E-state index is -3.40. The van der Waals surface area contributed by atoms with E-state index in [0.29, 0.717) is 30.0 Å². The number of carbonyl (C=O) groups is 1. The second kappa shape index (κ2) is 8.02. The summed E-state index contributed by atoms with van der Waals surface area (Å²) in [5.74, 6) is 0.487. The van der Waals surface area contributed by atoms with Crippen LogP contribution in [0.3, 0.4) is 0 Å². The summed E-state index contributed by atoms with van der Waals surface area (Å²) in [6.45, 7) is 4.55. The second-order valence-electron chi connectivity index (χ2n) is 5.62. The van der Waals surface area contributed by atoms with Gasteiger partial charge in [-0.15, -0.1) is 0 Å². The van der Waals surface area contributed by atoms with Gasteiger partial charge < -0.3 is 10.1 Å². The molecule has 1 amide bonds. The second-order valence-corrected chi connectivity index (χ2v) is 7.36. The lowest BCUT2D eigenvalue weighted by molar-refractivity contribution is 0.0950. The Hall–Kier alpha value is -2.54. The molecule has 0 radical (unpaired) electrons. The van der Waals surface area contributed by atoms with E-state index in [4.69, 9.17) is 4.74 Å². The molecule has 0 atom stereocenters. The lowest BCUT2D eigenvalue weighted by Gasteiger charge is -2.13. The van der Waals surface area contributed by atoms with Gasteiger partial charge in [-0.1, -0.05) is 18.2 Å². The average Bonchev–Trinajstić information content (AvgIpc) is 2.54. The van der Waals surface area contributed by atoms with Crippen LogP contribution in [0.1, 0.15) is 28.4 Å². The Morgan fingerprint density at radius 2 is 1.88 bits per heavy atom. The summed E-state index contributed by atoms with van der Waals surface area (Å²) in [4.78, 5) is 12.4. The summed E-state index contributed by atoms with van der Waals surface area (Å²) in [6, 6.07) is 12.4. The lowest BCUT2D eigenvalue weighted by Crippen LogP contribution is -2.24. The highest BCUT2D eigenvalue weighted by Gasteiger charge is 2.13. The molecule has 0 fully saturated rings. The minimum Gasteiger partial charge on any atom is -0.494 e. The number of benzene rings is 2. The predicted octanol–water partition coefficient (Wildman–Crippen LogP) is 2.70. The molecule has 0 spiro atoms. The van der Waals surface area contributed by atoms with Crippen LogP contribution in [0.15, 0.2) is 42.5 Å². The smallest absolute Gasteiger partial charge is 0.251 e. The zero-order chi connectivity index (χ0) is 18.4. The highest BCUT2D eigenvalue weighted by molar-refractivity contribution is 7.92. The Labute approximate surface area is 148 Å². The number of hydrogen-bond acceptors (Lipinski definition) is 4. The van der Waals surface area contributed by atoms with Crippen LogP contribution in [-0.4, -0.2) is 27.2 Å². The van der Waals surface area contributed by atoms with Crippen LogP contribution < -0.4 is 14.8 Å². The van der Waals surface area contributed by atoms with Crippen molar-refractivity contribution in [2.75, 3.05) is 17.6 Å². The van der Waals surface area contributed by atoms with Crippen molar-refractivity contribution in [3.8, 4) is 5.75 Å². The maximum Gasteiger partial charge on any atom is 0.251 e. The fourth-order valence-corrected chi connectivity index (χ4v) is 3.00. The number of hydrogen-bond donors (Lipinski definition) is 2.